The molecule has 2 unspecified atom stereocenters. The minimum atomic E-state index is -1.00. The van der Waals surface area contributed by atoms with Crippen LogP contribution in [-0.4, -0.2) is 52.5 Å². The first-order valence-electron chi connectivity index (χ1n) is 12.4. The summed E-state index contributed by atoms with van der Waals surface area (Å²) in [4.78, 5) is 0. The quantitative estimate of drug-likeness (QED) is 0.200. The van der Waals surface area contributed by atoms with Gasteiger partial charge in [0.15, 0.2) is 0 Å². The van der Waals surface area contributed by atoms with Crippen molar-refractivity contribution >= 4 is 0 Å². The van der Waals surface area contributed by atoms with E-state index in [1.54, 1.807) is 7.11 Å². The predicted octanol–water partition coefficient (Wildman–Crippen LogP) is 7.20. The lowest BCUT2D eigenvalue weighted by molar-refractivity contribution is 0.140. The maximum Gasteiger partial charge on any atom is 0.134 e. The van der Waals surface area contributed by atoms with Gasteiger partial charge in [-0.05, 0) is 74.4 Å². The summed E-state index contributed by atoms with van der Waals surface area (Å²) in [7, 11) is 1.65. The average molecular weight is 479 g/mol. The minimum Gasteiger partial charge on any atom is -0.491 e. The zero-order chi connectivity index (χ0) is 24.4. The second-order valence-electron chi connectivity index (χ2n) is 8.41. The summed E-state index contributed by atoms with van der Waals surface area (Å²) in [5.74, 6) is 1.25. The summed E-state index contributed by atoms with van der Waals surface area (Å²) in [6.07, 6.45) is 3.35. The lowest BCUT2D eigenvalue weighted by Gasteiger charge is -2.13. The molecule has 0 spiro atoms. The molecule has 2 aromatic carbocycles. The molecular weight excluding hydrogens is 438 g/mol. The molecule has 34 heavy (non-hydrogen) atoms. The highest BCUT2D eigenvalue weighted by Gasteiger charge is 2.10. The number of benzene rings is 2. The fraction of sp³-hybridized carbons (Fsp3) is 0.571. The van der Waals surface area contributed by atoms with Crippen molar-refractivity contribution in [2.24, 2.45) is 0 Å². The standard InChI is InChI=1S/C28H40F2O4/c1-3-32-18-7-4-5-13-25(29)21-33-27-15-9-11-23(19-27)24-12-10-16-28(20-24)34-22-26(30)14-6-8-17-31-2/h9-12,15-16,19-20,25-26H,3-8,13-14,17-18,21-22H2,1-2H3. The molecule has 2 aromatic rings. The molecule has 0 saturated heterocycles. The van der Waals surface area contributed by atoms with Gasteiger partial charge in [-0.2, -0.15) is 0 Å². The number of rotatable bonds is 19. The lowest BCUT2D eigenvalue weighted by atomic mass is 10.1. The van der Waals surface area contributed by atoms with E-state index in [2.05, 4.69) is 0 Å². The van der Waals surface area contributed by atoms with Crippen LogP contribution in [0, 0.1) is 0 Å². The topological polar surface area (TPSA) is 36.9 Å². The lowest BCUT2D eigenvalue weighted by Crippen LogP contribution is -2.13. The Labute approximate surface area is 203 Å². The highest BCUT2D eigenvalue weighted by molar-refractivity contribution is 5.66. The highest BCUT2D eigenvalue weighted by Crippen LogP contribution is 2.27. The Bertz CT molecular complexity index is 787. The van der Waals surface area contributed by atoms with Crippen LogP contribution in [0.3, 0.4) is 0 Å². The number of ether oxygens (including phenoxy) is 4. The normalized spacial score (nSPS) is 12.9. The van der Waals surface area contributed by atoms with Crippen molar-refractivity contribution in [3.8, 4) is 22.6 Å². The fourth-order valence-corrected chi connectivity index (χ4v) is 3.57. The Kier molecular flexibility index (Phi) is 14.3. The Morgan fingerprint density at radius 2 is 1.24 bits per heavy atom. The Morgan fingerprint density at radius 1 is 0.706 bits per heavy atom. The van der Waals surface area contributed by atoms with Gasteiger partial charge in [0.1, 0.15) is 37.1 Å². The second-order valence-corrected chi connectivity index (χ2v) is 8.41. The first-order chi connectivity index (χ1) is 16.6. The van der Waals surface area contributed by atoms with Crippen LogP contribution in [0.15, 0.2) is 48.5 Å². The van der Waals surface area contributed by atoms with Gasteiger partial charge in [-0.25, -0.2) is 8.78 Å². The molecule has 2 atom stereocenters. The van der Waals surface area contributed by atoms with E-state index >= 15 is 0 Å². The van der Waals surface area contributed by atoms with Crippen LogP contribution >= 0.6 is 0 Å². The third kappa shape index (κ3) is 11.8. The predicted molar refractivity (Wildman–Crippen MR) is 133 cm³/mol. The van der Waals surface area contributed by atoms with Crippen molar-refractivity contribution in [3.63, 3.8) is 0 Å². The molecule has 0 aliphatic carbocycles. The molecule has 6 heteroatoms. The van der Waals surface area contributed by atoms with Crippen LogP contribution in [0.1, 0.15) is 51.9 Å². The number of hydrogen-bond donors (Lipinski definition) is 0. The van der Waals surface area contributed by atoms with Gasteiger partial charge in [0.2, 0.25) is 0 Å². The molecule has 0 bridgehead atoms. The SMILES string of the molecule is CCOCCCCCC(F)COc1cccc(-c2cccc(OCC(F)CCCCOC)c2)c1. The maximum absolute atomic E-state index is 14.2. The maximum atomic E-state index is 14.2. The molecule has 4 nitrogen and oxygen atoms in total. The molecule has 0 radical (unpaired) electrons. The molecule has 0 aromatic heterocycles. The van der Waals surface area contributed by atoms with Gasteiger partial charge in [-0.3, -0.25) is 0 Å². The summed E-state index contributed by atoms with van der Waals surface area (Å²) in [5, 5.41) is 0. The van der Waals surface area contributed by atoms with E-state index in [1.165, 1.54) is 0 Å². The van der Waals surface area contributed by atoms with Crippen molar-refractivity contribution in [1.29, 1.82) is 0 Å². The molecule has 0 aliphatic rings. The van der Waals surface area contributed by atoms with Crippen LogP contribution in [0.5, 0.6) is 11.5 Å². The van der Waals surface area contributed by atoms with Crippen LogP contribution in [0.4, 0.5) is 8.78 Å². The van der Waals surface area contributed by atoms with Gasteiger partial charge in [0, 0.05) is 26.9 Å². The molecule has 0 heterocycles. The Morgan fingerprint density at radius 3 is 1.76 bits per heavy atom. The minimum absolute atomic E-state index is 0.0309. The molecule has 0 fully saturated rings. The average Bonchev–Trinajstić information content (AvgIpc) is 2.86. The molecule has 0 saturated carbocycles. The number of halogens is 2. The van der Waals surface area contributed by atoms with Crippen molar-refractivity contribution in [2.75, 3.05) is 40.1 Å². The first-order valence-corrected chi connectivity index (χ1v) is 12.4. The molecule has 0 amide bonds. The zero-order valence-electron chi connectivity index (χ0n) is 20.6. The Hall–Kier alpha value is -2.18. The van der Waals surface area contributed by atoms with Gasteiger partial charge in [0.05, 0.1) is 0 Å². The number of hydrogen-bond acceptors (Lipinski definition) is 4. The van der Waals surface area contributed by atoms with Crippen LogP contribution in [-0.2, 0) is 9.47 Å². The van der Waals surface area contributed by atoms with E-state index in [-0.39, 0.29) is 13.2 Å². The smallest absolute Gasteiger partial charge is 0.134 e. The van der Waals surface area contributed by atoms with Gasteiger partial charge in [0.25, 0.3) is 0 Å². The summed E-state index contributed by atoms with van der Waals surface area (Å²) in [5.41, 5.74) is 1.87. The van der Waals surface area contributed by atoms with E-state index in [0.717, 1.165) is 56.4 Å². The summed E-state index contributed by atoms with van der Waals surface area (Å²) >= 11 is 0. The van der Waals surface area contributed by atoms with E-state index in [9.17, 15) is 8.78 Å². The molecule has 190 valence electrons. The van der Waals surface area contributed by atoms with Crippen LogP contribution in [0.25, 0.3) is 11.1 Å². The van der Waals surface area contributed by atoms with Crippen molar-refractivity contribution in [2.45, 2.75) is 64.2 Å². The molecular formula is C28H40F2O4. The van der Waals surface area contributed by atoms with E-state index in [4.69, 9.17) is 18.9 Å². The van der Waals surface area contributed by atoms with E-state index in [1.807, 2.05) is 55.5 Å². The molecule has 0 N–H and O–H groups in total. The Balaban J connectivity index is 1.79. The molecule has 0 aliphatic heterocycles. The first kappa shape index (κ1) is 28.1. The zero-order valence-corrected chi connectivity index (χ0v) is 20.6. The van der Waals surface area contributed by atoms with E-state index in [0.29, 0.717) is 30.9 Å². The number of methoxy groups -OCH3 is 1. The van der Waals surface area contributed by atoms with Gasteiger partial charge < -0.3 is 18.9 Å². The van der Waals surface area contributed by atoms with Gasteiger partial charge in [-0.1, -0.05) is 37.1 Å². The number of alkyl halides is 2. The van der Waals surface area contributed by atoms with Gasteiger partial charge >= 0.3 is 0 Å². The summed E-state index contributed by atoms with van der Waals surface area (Å²) < 4.78 is 49.9. The second kappa shape index (κ2) is 17.3. The largest absolute Gasteiger partial charge is 0.491 e. The number of unbranched alkanes of at least 4 members (excludes halogenated alkanes) is 3. The van der Waals surface area contributed by atoms with Gasteiger partial charge in [-0.15, -0.1) is 0 Å². The summed E-state index contributed by atoms with van der Waals surface area (Å²) in [6.45, 7) is 4.17. The third-order valence-corrected chi connectivity index (χ3v) is 5.49. The highest BCUT2D eigenvalue weighted by atomic mass is 19.1. The van der Waals surface area contributed by atoms with Crippen LogP contribution < -0.4 is 9.47 Å². The monoisotopic (exact) mass is 478 g/mol. The third-order valence-electron chi connectivity index (χ3n) is 5.49. The van der Waals surface area contributed by atoms with Crippen molar-refractivity contribution in [3.05, 3.63) is 48.5 Å². The van der Waals surface area contributed by atoms with Crippen LogP contribution in [0.2, 0.25) is 0 Å². The van der Waals surface area contributed by atoms with E-state index < -0.39 is 12.3 Å². The summed E-state index contributed by atoms with van der Waals surface area (Å²) in [6, 6.07) is 15.1. The molecule has 2 rings (SSSR count). The van der Waals surface area contributed by atoms with Crippen molar-refractivity contribution in [1.82, 2.24) is 0 Å². The fourth-order valence-electron chi connectivity index (χ4n) is 3.57. The van der Waals surface area contributed by atoms with Crippen molar-refractivity contribution < 1.29 is 27.7 Å².